The van der Waals surface area contributed by atoms with Gasteiger partial charge in [0.15, 0.2) is 3.01 Å². The minimum Gasteiger partial charge on any atom is -0.390 e. The predicted octanol–water partition coefficient (Wildman–Crippen LogP) is 3.05. The van der Waals surface area contributed by atoms with Gasteiger partial charge in [-0.25, -0.2) is 9.37 Å². The molecule has 0 unspecified atom stereocenters. The maximum absolute atomic E-state index is 13.0. The van der Waals surface area contributed by atoms with Crippen molar-refractivity contribution < 1.29 is 9.50 Å². The van der Waals surface area contributed by atoms with E-state index in [0.29, 0.717) is 5.69 Å². The van der Waals surface area contributed by atoms with Crippen LogP contribution in [0.2, 0.25) is 0 Å². The summed E-state index contributed by atoms with van der Waals surface area (Å²) in [7, 11) is 0. The Morgan fingerprint density at radius 1 is 1.47 bits per heavy atom. The monoisotopic (exact) mass is 335 g/mol. The van der Waals surface area contributed by atoms with Crippen LogP contribution in [-0.2, 0) is 6.61 Å². The molecule has 1 heterocycles. The molecular formula is C10H7FINOS. The average Bonchev–Trinajstić information content (AvgIpc) is 2.59. The van der Waals surface area contributed by atoms with Crippen LogP contribution in [0.5, 0.6) is 0 Å². The van der Waals surface area contributed by atoms with Crippen LogP contribution in [0.1, 0.15) is 5.69 Å². The number of aliphatic hydroxyl groups is 1. The van der Waals surface area contributed by atoms with Gasteiger partial charge in [0.05, 0.1) is 17.2 Å². The van der Waals surface area contributed by atoms with Crippen molar-refractivity contribution in [3.63, 3.8) is 0 Å². The molecule has 0 aliphatic carbocycles. The summed E-state index contributed by atoms with van der Waals surface area (Å²) >= 11 is 3.54. The molecule has 0 bridgehead atoms. The van der Waals surface area contributed by atoms with E-state index in [2.05, 4.69) is 27.6 Å². The number of hydrogen-bond donors (Lipinski definition) is 1. The molecule has 78 valence electrons. The fourth-order valence-corrected chi connectivity index (χ4v) is 3.03. The third kappa shape index (κ3) is 2.35. The first kappa shape index (κ1) is 11.0. The highest BCUT2D eigenvalue weighted by Gasteiger charge is 2.11. The van der Waals surface area contributed by atoms with Gasteiger partial charge >= 0.3 is 0 Å². The lowest BCUT2D eigenvalue weighted by Gasteiger charge is -1.99. The van der Waals surface area contributed by atoms with Crippen molar-refractivity contribution in [2.24, 2.45) is 0 Å². The van der Waals surface area contributed by atoms with E-state index in [0.717, 1.165) is 13.5 Å². The Balaban J connectivity index is 2.53. The van der Waals surface area contributed by atoms with Crippen molar-refractivity contribution >= 4 is 33.9 Å². The molecule has 0 spiro atoms. The van der Waals surface area contributed by atoms with Crippen LogP contribution in [0, 0.1) is 8.83 Å². The second kappa shape index (κ2) is 4.54. The van der Waals surface area contributed by atoms with Crippen LogP contribution in [0.25, 0.3) is 10.4 Å². The van der Waals surface area contributed by atoms with Crippen molar-refractivity contribution in [1.29, 1.82) is 0 Å². The molecule has 1 N–H and O–H groups in total. The fourth-order valence-electron chi connectivity index (χ4n) is 1.29. The molecule has 2 rings (SSSR count). The van der Waals surface area contributed by atoms with E-state index in [9.17, 15) is 4.39 Å². The van der Waals surface area contributed by atoms with Crippen LogP contribution in [-0.4, -0.2) is 10.1 Å². The zero-order valence-corrected chi connectivity index (χ0v) is 10.5. The summed E-state index contributed by atoms with van der Waals surface area (Å²) in [6, 6.07) is 6.31. The van der Waals surface area contributed by atoms with E-state index in [-0.39, 0.29) is 12.4 Å². The van der Waals surface area contributed by atoms with Crippen LogP contribution in [0.15, 0.2) is 24.3 Å². The van der Waals surface area contributed by atoms with E-state index in [1.807, 2.05) is 6.07 Å². The zero-order chi connectivity index (χ0) is 10.8. The Bertz CT molecular complexity index is 486. The lowest BCUT2D eigenvalue weighted by Crippen LogP contribution is -1.87. The summed E-state index contributed by atoms with van der Waals surface area (Å²) in [6.07, 6.45) is 0. The van der Waals surface area contributed by atoms with Crippen molar-refractivity contribution in [3.05, 3.63) is 38.8 Å². The summed E-state index contributed by atoms with van der Waals surface area (Å²) in [5.74, 6) is -0.278. The van der Waals surface area contributed by atoms with E-state index < -0.39 is 0 Å². The van der Waals surface area contributed by atoms with Crippen molar-refractivity contribution in [3.8, 4) is 10.4 Å². The molecule has 2 aromatic rings. The maximum Gasteiger partial charge on any atom is 0.154 e. The molecule has 0 saturated heterocycles. The second-order valence-corrected chi connectivity index (χ2v) is 5.66. The summed E-state index contributed by atoms with van der Waals surface area (Å²) in [6.45, 7) is -0.120. The van der Waals surface area contributed by atoms with Crippen LogP contribution < -0.4 is 0 Å². The summed E-state index contributed by atoms with van der Waals surface area (Å²) < 4.78 is 13.9. The van der Waals surface area contributed by atoms with Gasteiger partial charge in [-0.15, -0.1) is 11.3 Å². The smallest absolute Gasteiger partial charge is 0.154 e. The summed E-state index contributed by atoms with van der Waals surface area (Å²) in [5, 5.41) is 9.11. The first-order valence-electron chi connectivity index (χ1n) is 4.22. The van der Waals surface area contributed by atoms with Gasteiger partial charge in [-0.2, -0.15) is 0 Å². The standard InChI is InChI=1S/C10H7FINOS/c11-7-3-1-2-6(4-7)9-8(5-14)13-10(12)15-9/h1-4,14H,5H2. The lowest BCUT2D eigenvalue weighted by atomic mass is 10.1. The van der Waals surface area contributed by atoms with Crippen LogP contribution in [0.3, 0.4) is 0 Å². The number of aliphatic hydroxyl groups excluding tert-OH is 1. The molecule has 5 heteroatoms. The third-order valence-electron chi connectivity index (χ3n) is 1.91. The number of nitrogens with zero attached hydrogens (tertiary/aromatic N) is 1. The Morgan fingerprint density at radius 2 is 2.27 bits per heavy atom. The van der Waals surface area contributed by atoms with Gasteiger partial charge < -0.3 is 5.11 Å². The first-order valence-corrected chi connectivity index (χ1v) is 6.12. The summed E-state index contributed by atoms with van der Waals surface area (Å²) in [4.78, 5) is 5.00. The Hall–Kier alpha value is -0.530. The normalized spacial score (nSPS) is 10.6. The molecule has 0 aliphatic rings. The minimum atomic E-state index is -0.278. The molecule has 0 atom stereocenters. The minimum absolute atomic E-state index is 0.120. The Labute approximate surface area is 104 Å². The van der Waals surface area contributed by atoms with E-state index in [1.54, 1.807) is 6.07 Å². The Morgan fingerprint density at radius 3 is 2.93 bits per heavy atom. The van der Waals surface area contributed by atoms with Gasteiger partial charge in [-0.3, -0.25) is 0 Å². The molecule has 0 amide bonds. The largest absolute Gasteiger partial charge is 0.390 e. The molecule has 0 fully saturated rings. The topological polar surface area (TPSA) is 33.1 Å². The number of thiazole rings is 1. The molecule has 0 aliphatic heterocycles. The van der Waals surface area contributed by atoms with Crippen LogP contribution in [0.4, 0.5) is 4.39 Å². The molecule has 1 aromatic carbocycles. The van der Waals surface area contributed by atoms with E-state index in [1.165, 1.54) is 23.5 Å². The molecule has 15 heavy (non-hydrogen) atoms. The highest BCUT2D eigenvalue weighted by atomic mass is 127. The number of hydrogen-bond acceptors (Lipinski definition) is 3. The fraction of sp³-hybridized carbons (Fsp3) is 0.100. The molecule has 2 nitrogen and oxygen atoms in total. The van der Waals surface area contributed by atoms with Gasteiger partial charge in [0, 0.05) is 0 Å². The molecule has 0 saturated carbocycles. The number of aromatic nitrogens is 1. The van der Waals surface area contributed by atoms with Crippen molar-refractivity contribution in [2.45, 2.75) is 6.61 Å². The van der Waals surface area contributed by atoms with Crippen LogP contribution >= 0.6 is 33.9 Å². The predicted molar refractivity (Wildman–Crippen MR) is 66.1 cm³/mol. The van der Waals surface area contributed by atoms with Crippen molar-refractivity contribution in [1.82, 2.24) is 4.98 Å². The summed E-state index contributed by atoms with van der Waals surface area (Å²) in [5.41, 5.74) is 1.37. The highest BCUT2D eigenvalue weighted by molar-refractivity contribution is 14.1. The third-order valence-corrected chi connectivity index (χ3v) is 3.74. The van der Waals surface area contributed by atoms with Gasteiger partial charge in [-0.1, -0.05) is 12.1 Å². The quantitative estimate of drug-likeness (QED) is 0.856. The van der Waals surface area contributed by atoms with Gasteiger partial charge in [0.25, 0.3) is 0 Å². The molecule has 1 aromatic heterocycles. The SMILES string of the molecule is OCc1nc(I)sc1-c1cccc(F)c1. The number of rotatable bonds is 2. The Kier molecular flexibility index (Phi) is 3.32. The maximum atomic E-state index is 13.0. The molecular weight excluding hydrogens is 328 g/mol. The van der Waals surface area contributed by atoms with E-state index in [4.69, 9.17) is 5.11 Å². The number of benzene rings is 1. The van der Waals surface area contributed by atoms with E-state index >= 15 is 0 Å². The van der Waals surface area contributed by atoms with Crippen molar-refractivity contribution in [2.75, 3.05) is 0 Å². The highest BCUT2D eigenvalue weighted by Crippen LogP contribution is 2.31. The zero-order valence-electron chi connectivity index (χ0n) is 7.58. The van der Waals surface area contributed by atoms with Gasteiger partial charge in [0.1, 0.15) is 5.82 Å². The van der Waals surface area contributed by atoms with Gasteiger partial charge in [-0.05, 0) is 40.3 Å². The average molecular weight is 335 g/mol. The first-order chi connectivity index (χ1) is 7.20. The second-order valence-electron chi connectivity index (χ2n) is 2.91. The van der Waals surface area contributed by atoms with Gasteiger partial charge in [0.2, 0.25) is 0 Å². The molecule has 0 radical (unpaired) electrons. The lowest BCUT2D eigenvalue weighted by molar-refractivity contribution is 0.278. The number of halogens is 2.